The topological polar surface area (TPSA) is 49.4 Å². The zero-order chi connectivity index (χ0) is 9.30. The third-order valence-electron chi connectivity index (χ3n) is 1.52. The first-order chi connectivity index (χ1) is 5.57. The molecule has 1 rings (SSSR count). The minimum Gasteiger partial charge on any atom is -0.340 e. The number of hydrogen-bond donors (Lipinski definition) is 1. The highest BCUT2D eigenvalue weighted by Crippen LogP contribution is 2.33. The van der Waals surface area contributed by atoms with Gasteiger partial charge in [-0.1, -0.05) is 15.9 Å². The molecule has 1 N–H and O–H groups in total. The molecular weight excluding hydrogens is 244 g/mol. The van der Waals surface area contributed by atoms with E-state index in [-0.39, 0.29) is 22.0 Å². The van der Waals surface area contributed by atoms with Crippen LogP contribution in [-0.4, -0.2) is 33.4 Å². The molecule has 4 nitrogen and oxygen atoms in total. The van der Waals surface area contributed by atoms with Gasteiger partial charge in [-0.15, -0.1) is 0 Å². The Morgan fingerprint density at radius 2 is 2.33 bits per heavy atom. The Morgan fingerprint density at radius 1 is 1.75 bits per heavy atom. The molecule has 2 atom stereocenters. The fourth-order valence-electron chi connectivity index (χ4n) is 0.834. The van der Waals surface area contributed by atoms with E-state index in [1.807, 2.05) is 6.92 Å². The molecule has 0 spiro atoms. The maximum absolute atomic E-state index is 11.3. The Bertz CT molecular complexity index is 224. The van der Waals surface area contributed by atoms with E-state index in [1.54, 1.807) is 0 Å². The van der Waals surface area contributed by atoms with Gasteiger partial charge in [0.1, 0.15) is 4.83 Å². The number of alkyl halides is 1. The highest BCUT2D eigenvalue weighted by molar-refractivity contribution is 9.10. The van der Waals surface area contributed by atoms with Crippen LogP contribution in [0.4, 0.5) is 4.79 Å². The molecule has 0 aromatic heterocycles. The van der Waals surface area contributed by atoms with Crippen molar-refractivity contribution in [2.45, 2.75) is 17.0 Å². The number of amides is 3. The highest BCUT2D eigenvalue weighted by atomic mass is 79.9. The quantitative estimate of drug-likeness (QED) is 0.517. The van der Waals surface area contributed by atoms with E-state index in [0.717, 1.165) is 4.31 Å². The summed E-state index contributed by atoms with van der Waals surface area (Å²) in [4.78, 5) is 22.1. The lowest BCUT2D eigenvalue weighted by atomic mass is 10.3. The predicted octanol–water partition coefficient (Wildman–Crippen LogP) is 0.968. The minimum absolute atomic E-state index is 0.106. The van der Waals surface area contributed by atoms with Crippen molar-refractivity contribution >= 4 is 39.8 Å². The van der Waals surface area contributed by atoms with E-state index in [4.69, 9.17) is 0 Å². The zero-order valence-electron chi connectivity index (χ0n) is 6.70. The van der Waals surface area contributed by atoms with Crippen LogP contribution in [0.2, 0.25) is 0 Å². The Balaban J connectivity index is 2.71. The fourth-order valence-corrected chi connectivity index (χ4v) is 2.42. The SMILES string of the molecule is CNC(=O)N1SC(C)C(Br)C1=O. The maximum Gasteiger partial charge on any atom is 0.334 e. The Hall–Kier alpha value is -0.230. The minimum atomic E-state index is -0.362. The molecule has 6 heteroatoms. The van der Waals surface area contributed by atoms with Gasteiger partial charge < -0.3 is 5.32 Å². The summed E-state index contributed by atoms with van der Waals surface area (Å²) in [5, 5.41) is 2.51. The molecule has 0 bridgehead atoms. The van der Waals surface area contributed by atoms with Crippen LogP contribution in [-0.2, 0) is 4.79 Å². The van der Waals surface area contributed by atoms with Crippen molar-refractivity contribution in [3.8, 4) is 0 Å². The molecule has 1 saturated heterocycles. The Morgan fingerprint density at radius 3 is 2.67 bits per heavy atom. The molecule has 0 aromatic carbocycles. The number of imide groups is 1. The van der Waals surface area contributed by atoms with Crippen LogP contribution in [0.15, 0.2) is 0 Å². The van der Waals surface area contributed by atoms with Gasteiger partial charge in [0.25, 0.3) is 5.91 Å². The van der Waals surface area contributed by atoms with E-state index in [1.165, 1.54) is 19.0 Å². The second kappa shape index (κ2) is 3.66. The molecule has 1 fully saturated rings. The summed E-state index contributed by atoms with van der Waals surface area (Å²) in [5.74, 6) is -0.188. The second-order valence-electron chi connectivity index (χ2n) is 2.40. The number of rotatable bonds is 0. The lowest BCUT2D eigenvalue weighted by Gasteiger charge is -2.10. The van der Waals surface area contributed by atoms with Crippen LogP contribution >= 0.6 is 27.9 Å². The van der Waals surface area contributed by atoms with Gasteiger partial charge in [-0.2, -0.15) is 0 Å². The monoisotopic (exact) mass is 252 g/mol. The van der Waals surface area contributed by atoms with Crippen molar-refractivity contribution < 1.29 is 9.59 Å². The first kappa shape index (κ1) is 9.85. The van der Waals surface area contributed by atoms with Crippen LogP contribution < -0.4 is 5.32 Å². The number of hydrogen-bond acceptors (Lipinski definition) is 3. The molecule has 0 radical (unpaired) electrons. The van der Waals surface area contributed by atoms with E-state index >= 15 is 0 Å². The van der Waals surface area contributed by atoms with E-state index in [2.05, 4.69) is 21.2 Å². The molecule has 1 aliphatic rings. The lowest BCUT2D eigenvalue weighted by molar-refractivity contribution is -0.122. The zero-order valence-corrected chi connectivity index (χ0v) is 9.11. The molecule has 12 heavy (non-hydrogen) atoms. The summed E-state index contributed by atoms with van der Waals surface area (Å²) in [6.45, 7) is 1.89. The normalized spacial score (nSPS) is 29.2. The van der Waals surface area contributed by atoms with Crippen molar-refractivity contribution in [2.75, 3.05) is 7.05 Å². The van der Waals surface area contributed by atoms with E-state index in [9.17, 15) is 9.59 Å². The molecule has 1 aliphatic heterocycles. The van der Waals surface area contributed by atoms with Crippen LogP contribution in [0.1, 0.15) is 6.92 Å². The van der Waals surface area contributed by atoms with Crippen LogP contribution in [0.3, 0.4) is 0 Å². The summed E-state index contributed by atoms with van der Waals surface area (Å²) < 4.78 is 1.14. The van der Waals surface area contributed by atoms with Gasteiger partial charge in [-0.25, -0.2) is 9.10 Å². The molecule has 1 heterocycles. The first-order valence-electron chi connectivity index (χ1n) is 3.44. The largest absolute Gasteiger partial charge is 0.340 e. The van der Waals surface area contributed by atoms with E-state index in [0.29, 0.717) is 0 Å². The molecule has 68 valence electrons. The number of nitrogens with one attached hydrogen (secondary N) is 1. The van der Waals surface area contributed by atoms with Crippen LogP contribution in [0.5, 0.6) is 0 Å². The number of urea groups is 1. The van der Waals surface area contributed by atoms with Gasteiger partial charge in [-0.05, 0) is 18.9 Å². The van der Waals surface area contributed by atoms with Gasteiger partial charge in [0.15, 0.2) is 0 Å². The van der Waals surface area contributed by atoms with Gasteiger partial charge in [0.2, 0.25) is 0 Å². The van der Waals surface area contributed by atoms with Crippen molar-refractivity contribution in [3.05, 3.63) is 0 Å². The third kappa shape index (κ3) is 1.59. The first-order valence-corrected chi connectivity index (χ1v) is 5.19. The van der Waals surface area contributed by atoms with Crippen molar-refractivity contribution in [1.82, 2.24) is 9.62 Å². The van der Waals surface area contributed by atoms with Crippen LogP contribution in [0, 0.1) is 0 Å². The number of halogens is 1. The Labute approximate surface area is 83.3 Å². The summed E-state index contributed by atoms with van der Waals surface area (Å²) in [5.41, 5.74) is 0. The average Bonchev–Trinajstić information content (AvgIpc) is 2.32. The molecule has 0 saturated carbocycles. The molecular formula is C6H9BrN2O2S. The Kier molecular flexibility index (Phi) is 3.00. The summed E-state index contributed by atoms with van der Waals surface area (Å²) >= 11 is 4.45. The van der Waals surface area contributed by atoms with Crippen molar-refractivity contribution in [3.63, 3.8) is 0 Å². The third-order valence-corrected chi connectivity index (χ3v) is 4.21. The lowest BCUT2D eigenvalue weighted by Crippen LogP contribution is -2.36. The van der Waals surface area contributed by atoms with Gasteiger partial charge in [0, 0.05) is 12.3 Å². The van der Waals surface area contributed by atoms with Crippen LogP contribution in [0.25, 0.3) is 0 Å². The van der Waals surface area contributed by atoms with Crippen molar-refractivity contribution in [2.24, 2.45) is 0 Å². The van der Waals surface area contributed by atoms with E-state index < -0.39 is 0 Å². The smallest absolute Gasteiger partial charge is 0.334 e. The average molecular weight is 253 g/mol. The summed E-state index contributed by atoms with van der Waals surface area (Å²) in [6, 6.07) is -0.362. The summed E-state index contributed by atoms with van der Waals surface area (Å²) in [6.07, 6.45) is 0. The fraction of sp³-hybridized carbons (Fsp3) is 0.667. The standard InChI is InChI=1S/C6H9BrN2O2S/c1-3-4(7)5(10)9(12-3)6(11)8-2/h3-4H,1-2H3,(H,8,11). The molecule has 0 aliphatic carbocycles. The molecule has 2 unspecified atom stereocenters. The number of carbonyl (C=O) groups excluding carboxylic acids is 2. The summed E-state index contributed by atoms with van der Waals surface area (Å²) in [7, 11) is 1.50. The van der Waals surface area contributed by atoms with Crippen molar-refractivity contribution in [1.29, 1.82) is 0 Å². The van der Waals surface area contributed by atoms with Gasteiger partial charge in [-0.3, -0.25) is 4.79 Å². The number of carbonyl (C=O) groups is 2. The highest BCUT2D eigenvalue weighted by Gasteiger charge is 2.40. The van der Waals surface area contributed by atoms with Gasteiger partial charge in [0.05, 0.1) is 0 Å². The maximum atomic E-state index is 11.3. The molecule has 0 aromatic rings. The second-order valence-corrected chi connectivity index (χ2v) is 4.71. The molecule has 3 amide bonds. The number of nitrogens with zero attached hydrogens (tertiary/aromatic N) is 1. The predicted molar refractivity (Wildman–Crippen MR) is 51.1 cm³/mol. The van der Waals surface area contributed by atoms with Gasteiger partial charge >= 0.3 is 6.03 Å².